The molecule has 0 aliphatic carbocycles. The third-order valence-corrected chi connectivity index (χ3v) is 2.16. The fourth-order valence-corrected chi connectivity index (χ4v) is 1.30. The molecule has 0 aromatic heterocycles. The first-order valence-corrected chi connectivity index (χ1v) is 5.25. The van der Waals surface area contributed by atoms with Gasteiger partial charge in [0.15, 0.2) is 0 Å². The van der Waals surface area contributed by atoms with Crippen molar-refractivity contribution in [3.8, 4) is 0 Å². The number of hydrogen-bond acceptors (Lipinski definition) is 2. The molecule has 1 rings (SSSR count). The van der Waals surface area contributed by atoms with Crippen LogP contribution in [0.3, 0.4) is 0 Å². The van der Waals surface area contributed by atoms with Crippen LogP contribution >= 0.6 is 0 Å². The number of hydrogen-bond donors (Lipinski definition) is 3. The van der Waals surface area contributed by atoms with Gasteiger partial charge in [0.05, 0.1) is 5.69 Å². The minimum atomic E-state index is -0.813. The molecule has 0 fully saturated rings. The summed E-state index contributed by atoms with van der Waals surface area (Å²) < 4.78 is 25.8. The number of carbonyl (C=O) groups excluding carboxylic acids is 1. The Morgan fingerprint density at radius 2 is 2.18 bits per heavy atom. The van der Waals surface area contributed by atoms with Crippen LogP contribution in [0.5, 0.6) is 0 Å². The normalized spacial score (nSPS) is 12.0. The predicted octanol–water partition coefficient (Wildman–Crippen LogP) is 1.82. The lowest BCUT2D eigenvalue weighted by molar-refractivity contribution is 0.248. The molecule has 1 atom stereocenters. The van der Waals surface area contributed by atoms with Crippen molar-refractivity contribution in [2.75, 3.05) is 11.9 Å². The zero-order chi connectivity index (χ0) is 12.8. The van der Waals surface area contributed by atoms with Gasteiger partial charge in [0.25, 0.3) is 0 Å². The van der Waals surface area contributed by atoms with Crippen LogP contribution in [0.2, 0.25) is 0 Å². The van der Waals surface area contributed by atoms with Crippen LogP contribution in [-0.4, -0.2) is 18.6 Å². The Bertz CT molecular complexity index is 398. The highest BCUT2D eigenvalue weighted by molar-refractivity contribution is 5.89. The summed E-state index contributed by atoms with van der Waals surface area (Å²) in [5, 5.41) is 4.87. The van der Waals surface area contributed by atoms with E-state index in [1.165, 1.54) is 0 Å². The quantitative estimate of drug-likeness (QED) is 0.755. The molecule has 1 aromatic rings. The van der Waals surface area contributed by atoms with Crippen molar-refractivity contribution in [3.63, 3.8) is 0 Å². The SMILES string of the molecule is CC(CCN)NC(=O)Nc1ccc(F)cc1F. The molecule has 2 amide bonds. The van der Waals surface area contributed by atoms with Crippen molar-refractivity contribution in [1.29, 1.82) is 0 Å². The number of nitrogens with two attached hydrogens (primary N) is 1. The predicted molar refractivity (Wildman–Crippen MR) is 61.6 cm³/mol. The third kappa shape index (κ3) is 4.36. The van der Waals surface area contributed by atoms with Crippen molar-refractivity contribution < 1.29 is 13.6 Å². The van der Waals surface area contributed by atoms with Crippen LogP contribution in [0.15, 0.2) is 18.2 Å². The fraction of sp³-hybridized carbons (Fsp3) is 0.364. The van der Waals surface area contributed by atoms with Gasteiger partial charge in [0.2, 0.25) is 0 Å². The van der Waals surface area contributed by atoms with Crippen LogP contribution in [0.25, 0.3) is 0 Å². The van der Waals surface area contributed by atoms with Gasteiger partial charge in [0.1, 0.15) is 11.6 Å². The molecule has 94 valence electrons. The van der Waals surface area contributed by atoms with Gasteiger partial charge >= 0.3 is 6.03 Å². The van der Waals surface area contributed by atoms with Crippen molar-refractivity contribution >= 4 is 11.7 Å². The summed E-state index contributed by atoms with van der Waals surface area (Å²) in [4.78, 5) is 11.4. The number of benzene rings is 1. The van der Waals surface area contributed by atoms with Gasteiger partial charge in [-0.05, 0) is 32.0 Å². The third-order valence-electron chi connectivity index (χ3n) is 2.16. The fourth-order valence-electron chi connectivity index (χ4n) is 1.30. The van der Waals surface area contributed by atoms with Crippen molar-refractivity contribution in [3.05, 3.63) is 29.8 Å². The Morgan fingerprint density at radius 3 is 2.76 bits per heavy atom. The van der Waals surface area contributed by atoms with E-state index in [0.717, 1.165) is 12.1 Å². The van der Waals surface area contributed by atoms with E-state index >= 15 is 0 Å². The minimum absolute atomic E-state index is 0.0659. The molecule has 6 heteroatoms. The summed E-state index contributed by atoms with van der Waals surface area (Å²) in [6.07, 6.45) is 0.624. The number of rotatable bonds is 4. The Morgan fingerprint density at radius 1 is 1.47 bits per heavy atom. The lowest BCUT2D eigenvalue weighted by Crippen LogP contribution is -2.37. The first kappa shape index (κ1) is 13.4. The maximum Gasteiger partial charge on any atom is 0.319 e. The van der Waals surface area contributed by atoms with E-state index in [1.54, 1.807) is 6.92 Å². The van der Waals surface area contributed by atoms with Gasteiger partial charge in [0, 0.05) is 12.1 Å². The molecule has 1 unspecified atom stereocenters. The Kier molecular flexibility index (Phi) is 4.84. The standard InChI is InChI=1S/C11H15F2N3O/c1-7(4-5-14)15-11(17)16-10-3-2-8(12)6-9(10)13/h2-3,6-7H,4-5,14H2,1H3,(H2,15,16,17). The Balaban J connectivity index is 2.56. The van der Waals surface area contributed by atoms with E-state index in [1.807, 2.05) is 0 Å². The van der Waals surface area contributed by atoms with Crippen LogP contribution in [0.1, 0.15) is 13.3 Å². The minimum Gasteiger partial charge on any atom is -0.335 e. The number of urea groups is 1. The average Bonchev–Trinajstić information content (AvgIpc) is 2.22. The van der Waals surface area contributed by atoms with Gasteiger partial charge in [-0.2, -0.15) is 0 Å². The maximum absolute atomic E-state index is 13.2. The van der Waals surface area contributed by atoms with Gasteiger partial charge in [-0.25, -0.2) is 13.6 Å². The molecule has 0 aliphatic rings. The molecular weight excluding hydrogens is 228 g/mol. The summed E-state index contributed by atoms with van der Waals surface area (Å²) in [7, 11) is 0. The van der Waals surface area contributed by atoms with E-state index in [0.29, 0.717) is 19.0 Å². The highest BCUT2D eigenvalue weighted by atomic mass is 19.1. The van der Waals surface area contributed by atoms with E-state index in [-0.39, 0.29) is 11.7 Å². The Labute approximate surface area is 98.2 Å². The highest BCUT2D eigenvalue weighted by Gasteiger charge is 2.09. The molecular formula is C11H15F2N3O. The Hall–Kier alpha value is -1.69. The van der Waals surface area contributed by atoms with Gasteiger partial charge in [-0.15, -0.1) is 0 Å². The molecule has 0 bridgehead atoms. The van der Waals surface area contributed by atoms with Crippen molar-refractivity contribution in [2.24, 2.45) is 5.73 Å². The second-order valence-electron chi connectivity index (χ2n) is 3.70. The summed E-state index contributed by atoms with van der Waals surface area (Å²) in [5.41, 5.74) is 5.26. The van der Waals surface area contributed by atoms with Crippen LogP contribution in [-0.2, 0) is 0 Å². The molecule has 17 heavy (non-hydrogen) atoms. The molecule has 4 nitrogen and oxygen atoms in total. The van der Waals surface area contributed by atoms with E-state index in [4.69, 9.17) is 5.73 Å². The van der Waals surface area contributed by atoms with E-state index < -0.39 is 17.7 Å². The molecule has 0 spiro atoms. The zero-order valence-electron chi connectivity index (χ0n) is 9.47. The lowest BCUT2D eigenvalue weighted by Gasteiger charge is -2.13. The second-order valence-corrected chi connectivity index (χ2v) is 3.70. The largest absolute Gasteiger partial charge is 0.335 e. The molecule has 0 heterocycles. The summed E-state index contributed by atoms with van der Waals surface area (Å²) >= 11 is 0. The highest BCUT2D eigenvalue weighted by Crippen LogP contribution is 2.14. The summed E-state index contributed by atoms with van der Waals surface area (Å²) in [6.45, 7) is 2.24. The van der Waals surface area contributed by atoms with Crippen molar-refractivity contribution in [2.45, 2.75) is 19.4 Å². The molecule has 4 N–H and O–H groups in total. The van der Waals surface area contributed by atoms with Gasteiger partial charge in [-0.3, -0.25) is 0 Å². The number of nitrogens with one attached hydrogen (secondary N) is 2. The molecule has 0 aliphatic heterocycles. The monoisotopic (exact) mass is 243 g/mol. The summed E-state index contributed by atoms with van der Waals surface area (Å²) in [5.74, 6) is -1.50. The lowest BCUT2D eigenvalue weighted by atomic mass is 10.2. The van der Waals surface area contributed by atoms with Crippen molar-refractivity contribution in [1.82, 2.24) is 5.32 Å². The van der Waals surface area contributed by atoms with Crippen LogP contribution in [0.4, 0.5) is 19.3 Å². The zero-order valence-corrected chi connectivity index (χ0v) is 9.47. The van der Waals surface area contributed by atoms with E-state index in [9.17, 15) is 13.6 Å². The molecule has 1 aromatic carbocycles. The number of carbonyl (C=O) groups is 1. The van der Waals surface area contributed by atoms with Gasteiger partial charge < -0.3 is 16.4 Å². The first-order chi connectivity index (χ1) is 8.02. The first-order valence-electron chi connectivity index (χ1n) is 5.25. The molecule has 0 saturated carbocycles. The number of halogens is 2. The molecule has 0 radical (unpaired) electrons. The smallest absolute Gasteiger partial charge is 0.319 e. The number of amides is 2. The van der Waals surface area contributed by atoms with E-state index in [2.05, 4.69) is 10.6 Å². The van der Waals surface area contributed by atoms with Gasteiger partial charge in [-0.1, -0.05) is 0 Å². The average molecular weight is 243 g/mol. The van der Waals surface area contributed by atoms with Crippen LogP contribution < -0.4 is 16.4 Å². The number of anilines is 1. The molecule has 0 saturated heterocycles. The second kappa shape index (κ2) is 6.15. The van der Waals surface area contributed by atoms with Crippen LogP contribution in [0, 0.1) is 11.6 Å². The topological polar surface area (TPSA) is 67.1 Å². The maximum atomic E-state index is 13.2. The summed E-state index contributed by atoms with van der Waals surface area (Å²) in [6, 6.07) is 2.29.